The molecular formula is C22H14F5N3O2. The second-order valence-corrected chi connectivity index (χ2v) is 6.83. The maximum absolute atomic E-state index is 13.3. The summed E-state index contributed by atoms with van der Waals surface area (Å²) < 4.78 is 71.3. The summed E-state index contributed by atoms with van der Waals surface area (Å²) in [6.45, 7) is -0.449. The Morgan fingerprint density at radius 1 is 0.969 bits per heavy atom. The molecule has 5 nitrogen and oxygen atoms in total. The first-order valence-electron chi connectivity index (χ1n) is 9.24. The molecule has 0 radical (unpaired) electrons. The lowest BCUT2D eigenvalue weighted by Gasteiger charge is -2.14. The van der Waals surface area contributed by atoms with Crippen LogP contribution in [0.2, 0.25) is 0 Å². The number of alkyl halides is 3. The number of aromatic amines is 1. The number of carbonyl (C=O) groups is 1. The van der Waals surface area contributed by atoms with Gasteiger partial charge < -0.3 is 10.1 Å². The summed E-state index contributed by atoms with van der Waals surface area (Å²) in [5.41, 5.74) is -0.583. The van der Waals surface area contributed by atoms with Crippen LogP contribution in [-0.4, -0.2) is 16.1 Å². The molecule has 0 aliphatic rings. The van der Waals surface area contributed by atoms with Crippen LogP contribution in [-0.2, 0) is 12.8 Å². The quantitative estimate of drug-likeness (QED) is 0.386. The van der Waals surface area contributed by atoms with Gasteiger partial charge in [-0.05, 0) is 54.6 Å². The molecule has 1 aromatic heterocycles. The molecule has 10 heteroatoms. The average molecular weight is 447 g/mol. The van der Waals surface area contributed by atoms with E-state index in [1.807, 2.05) is 0 Å². The van der Waals surface area contributed by atoms with E-state index in [0.717, 1.165) is 24.3 Å². The van der Waals surface area contributed by atoms with E-state index in [2.05, 4.69) is 15.5 Å². The molecule has 164 valence electrons. The molecule has 0 atom stereocenters. The molecule has 0 bridgehead atoms. The molecule has 4 rings (SSSR count). The Bertz CT molecular complexity index is 1280. The summed E-state index contributed by atoms with van der Waals surface area (Å²) >= 11 is 0. The largest absolute Gasteiger partial charge is 0.489 e. The predicted molar refractivity (Wildman–Crippen MR) is 106 cm³/mol. The fourth-order valence-corrected chi connectivity index (χ4v) is 3.06. The number of rotatable bonds is 5. The second-order valence-electron chi connectivity index (χ2n) is 6.83. The number of aromatic nitrogens is 2. The fraction of sp³-hybridized carbons (Fsp3) is 0.0909. The lowest BCUT2D eigenvalue weighted by molar-refractivity contribution is -0.138. The summed E-state index contributed by atoms with van der Waals surface area (Å²) in [6, 6.07) is 11.9. The number of ether oxygens (including phenoxy) is 1. The van der Waals surface area contributed by atoms with Crippen LogP contribution in [0.3, 0.4) is 0 Å². The Balaban J connectivity index is 1.54. The van der Waals surface area contributed by atoms with Crippen LogP contribution in [0.1, 0.15) is 21.5 Å². The maximum atomic E-state index is 13.3. The van der Waals surface area contributed by atoms with Gasteiger partial charge >= 0.3 is 6.18 Å². The van der Waals surface area contributed by atoms with Crippen molar-refractivity contribution >= 4 is 22.6 Å². The topological polar surface area (TPSA) is 67.0 Å². The highest BCUT2D eigenvalue weighted by atomic mass is 19.4. The molecule has 1 heterocycles. The van der Waals surface area contributed by atoms with Gasteiger partial charge in [-0.2, -0.15) is 18.3 Å². The number of nitrogens with zero attached hydrogens (tertiary/aromatic N) is 1. The zero-order chi connectivity index (χ0) is 22.9. The number of hydrogen-bond acceptors (Lipinski definition) is 3. The standard InChI is InChI=1S/C22H14F5N3O2/c23-14-4-1-12(2-5-14)21(31)28-20-17-10-16(7-8-19(17)29-30-20)32-11-13-3-6-15(24)9-18(13)22(25,26)27/h1-10H,11H2,(H2,28,29,30,31). The van der Waals surface area contributed by atoms with Gasteiger partial charge in [0.05, 0.1) is 11.1 Å². The van der Waals surface area contributed by atoms with Gasteiger partial charge in [-0.25, -0.2) is 8.78 Å². The highest BCUT2D eigenvalue weighted by Gasteiger charge is 2.33. The minimum atomic E-state index is -4.73. The number of hydrogen-bond donors (Lipinski definition) is 2. The van der Waals surface area contributed by atoms with E-state index in [-0.39, 0.29) is 22.7 Å². The molecule has 0 spiro atoms. The van der Waals surface area contributed by atoms with E-state index in [9.17, 15) is 26.7 Å². The predicted octanol–water partition coefficient (Wildman–Crippen LogP) is 5.69. The van der Waals surface area contributed by atoms with Crippen molar-refractivity contribution in [2.45, 2.75) is 12.8 Å². The van der Waals surface area contributed by atoms with E-state index in [0.29, 0.717) is 17.0 Å². The summed E-state index contributed by atoms with van der Waals surface area (Å²) in [7, 11) is 0. The van der Waals surface area contributed by atoms with Crippen molar-refractivity contribution in [1.29, 1.82) is 0 Å². The van der Waals surface area contributed by atoms with Gasteiger partial charge in [0.15, 0.2) is 5.82 Å². The number of fused-ring (bicyclic) bond motifs is 1. The Morgan fingerprint density at radius 2 is 1.69 bits per heavy atom. The molecule has 32 heavy (non-hydrogen) atoms. The zero-order valence-corrected chi connectivity index (χ0v) is 16.1. The summed E-state index contributed by atoms with van der Waals surface area (Å²) in [5, 5.41) is 9.78. The molecule has 1 amide bonds. The molecule has 3 aromatic carbocycles. The highest BCUT2D eigenvalue weighted by molar-refractivity contribution is 6.07. The van der Waals surface area contributed by atoms with Crippen LogP contribution < -0.4 is 10.1 Å². The van der Waals surface area contributed by atoms with Crippen LogP contribution in [0.4, 0.5) is 27.8 Å². The number of H-pyrrole nitrogens is 1. The molecule has 0 saturated heterocycles. The molecule has 0 saturated carbocycles. The van der Waals surface area contributed by atoms with Gasteiger partial charge in [-0.1, -0.05) is 6.07 Å². The second kappa shape index (κ2) is 8.29. The smallest absolute Gasteiger partial charge is 0.416 e. The first kappa shape index (κ1) is 21.3. The van der Waals surface area contributed by atoms with Gasteiger partial charge in [-0.3, -0.25) is 9.89 Å². The van der Waals surface area contributed by atoms with Crippen molar-refractivity contribution in [2.24, 2.45) is 0 Å². The highest BCUT2D eigenvalue weighted by Crippen LogP contribution is 2.33. The van der Waals surface area contributed by atoms with Crippen molar-refractivity contribution in [3.05, 3.63) is 89.0 Å². The van der Waals surface area contributed by atoms with Crippen molar-refractivity contribution in [3.63, 3.8) is 0 Å². The molecule has 4 aromatic rings. The monoisotopic (exact) mass is 447 g/mol. The minimum Gasteiger partial charge on any atom is -0.489 e. The number of carbonyl (C=O) groups excluding carboxylic acids is 1. The first-order chi connectivity index (χ1) is 15.2. The minimum absolute atomic E-state index is 0.164. The third-order valence-electron chi connectivity index (χ3n) is 4.64. The van der Waals surface area contributed by atoms with Gasteiger partial charge in [0.25, 0.3) is 5.91 Å². The van der Waals surface area contributed by atoms with Crippen molar-refractivity contribution < 1.29 is 31.5 Å². The number of amides is 1. The zero-order valence-electron chi connectivity index (χ0n) is 16.1. The van der Waals surface area contributed by atoms with Gasteiger partial charge in [-0.15, -0.1) is 0 Å². The van der Waals surface area contributed by atoms with Crippen LogP contribution in [0.15, 0.2) is 60.7 Å². The van der Waals surface area contributed by atoms with E-state index >= 15 is 0 Å². The van der Waals surface area contributed by atoms with E-state index in [4.69, 9.17) is 4.74 Å². The first-order valence-corrected chi connectivity index (χ1v) is 9.24. The average Bonchev–Trinajstić information content (AvgIpc) is 3.14. The third kappa shape index (κ3) is 4.53. The molecule has 2 N–H and O–H groups in total. The molecule has 0 fully saturated rings. The van der Waals surface area contributed by atoms with E-state index < -0.39 is 35.9 Å². The van der Waals surface area contributed by atoms with Gasteiger partial charge in [0, 0.05) is 16.5 Å². The molecular weight excluding hydrogens is 433 g/mol. The van der Waals surface area contributed by atoms with Gasteiger partial charge in [0.1, 0.15) is 24.0 Å². The van der Waals surface area contributed by atoms with E-state index in [1.165, 1.54) is 24.3 Å². The summed E-state index contributed by atoms with van der Waals surface area (Å²) in [4.78, 5) is 12.4. The Morgan fingerprint density at radius 3 is 2.41 bits per heavy atom. The van der Waals surface area contributed by atoms with Crippen LogP contribution in [0, 0.1) is 11.6 Å². The van der Waals surface area contributed by atoms with E-state index in [1.54, 1.807) is 6.07 Å². The number of anilines is 1. The lowest BCUT2D eigenvalue weighted by Crippen LogP contribution is -2.12. The fourth-order valence-electron chi connectivity index (χ4n) is 3.06. The summed E-state index contributed by atoms with van der Waals surface area (Å²) in [6.07, 6.45) is -4.73. The molecule has 0 unspecified atom stereocenters. The van der Waals surface area contributed by atoms with Gasteiger partial charge in [0.2, 0.25) is 0 Å². The van der Waals surface area contributed by atoms with Crippen LogP contribution >= 0.6 is 0 Å². The van der Waals surface area contributed by atoms with Crippen molar-refractivity contribution in [2.75, 3.05) is 5.32 Å². The van der Waals surface area contributed by atoms with Crippen LogP contribution in [0.25, 0.3) is 10.9 Å². The Labute approximate surface area is 177 Å². The van der Waals surface area contributed by atoms with Crippen LogP contribution in [0.5, 0.6) is 5.75 Å². The molecule has 0 aliphatic carbocycles. The summed E-state index contributed by atoms with van der Waals surface area (Å²) in [5.74, 6) is -1.62. The number of benzene rings is 3. The Hall–Kier alpha value is -3.95. The number of halogens is 5. The SMILES string of the molecule is O=C(Nc1n[nH]c2ccc(OCc3ccc(F)cc3C(F)(F)F)cc12)c1ccc(F)cc1. The van der Waals surface area contributed by atoms with Crippen molar-refractivity contribution in [1.82, 2.24) is 10.2 Å². The number of nitrogens with one attached hydrogen (secondary N) is 2. The Kier molecular flexibility index (Phi) is 5.52. The normalized spacial score (nSPS) is 11.5. The maximum Gasteiger partial charge on any atom is 0.416 e. The lowest BCUT2D eigenvalue weighted by atomic mass is 10.1. The third-order valence-corrected chi connectivity index (χ3v) is 4.64. The van der Waals surface area contributed by atoms with Crippen molar-refractivity contribution in [3.8, 4) is 5.75 Å². The molecule has 0 aliphatic heterocycles.